The summed E-state index contributed by atoms with van der Waals surface area (Å²) in [6, 6.07) is 24.1. The van der Waals surface area contributed by atoms with Crippen molar-refractivity contribution in [1.82, 2.24) is 0 Å². The van der Waals surface area contributed by atoms with E-state index >= 15 is 0 Å². The highest BCUT2D eigenvalue weighted by Gasteiger charge is 2.46. The number of carbonyl (C=O) groups excluding carboxylic acids is 1. The van der Waals surface area contributed by atoms with Crippen LogP contribution in [0.1, 0.15) is 17.5 Å². The summed E-state index contributed by atoms with van der Waals surface area (Å²) in [5.41, 5.74) is 1.11. The van der Waals surface area contributed by atoms with Crippen LogP contribution in [0.4, 0.5) is 0 Å². The van der Waals surface area contributed by atoms with Crippen molar-refractivity contribution in [3.05, 3.63) is 83.9 Å². The second kappa shape index (κ2) is 7.57. The maximum atomic E-state index is 13.0. The number of carbonyl (C=O) groups is 1. The van der Waals surface area contributed by atoms with E-state index in [2.05, 4.69) is 24.3 Å². The summed E-state index contributed by atoms with van der Waals surface area (Å²) in [6.45, 7) is 0. The average Bonchev–Trinajstić information content (AvgIpc) is 3.04. The molecule has 3 aromatic carbocycles. The van der Waals surface area contributed by atoms with Crippen LogP contribution in [0.5, 0.6) is 0 Å². The second-order valence-electron chi connectivity index (χ2n) is 6.76. The lowest BCUT2D eigenvalue weighted by Crippen LogP contribution is -2.37. The highest BCUT2D eigenvalue weighted by atomic mass is 32.2. The van der Waals surface area contributed by atoms with Crippen molar-refractivity contribution in [1.29, 1.82) is 0 Å². The van der Waals surface area contributed by atoms with E-state index in [1.54, 1.807) is 11.8 Å². The zero-order chi connectivity index (χ0) is 18.7. The quantitative estimate of drug-likeness (QED) is 0.577. The minimum atomic E-state index is -0.863. The minimum Gasteiger partial charge on any atom is -0.405 e. The van der Waals surface area contributed by atoms with Crippen LogP contribution in [0.15, 0.2) is 77.8 Å². The largest absolute Gasteiger partial charge is 0.405 e. The van der Waals surface area contributed by atoms with Crippen molar-refractivity contribution >= 4 is 34.4 Å². The number of thioether (sulfide) groups is 1. The van der Waals surface area contributed by atoms with Crippen molar-refractivity contribution in [3.8, 4) is 0 Å². The molecule has 3 nitrogen and oxygen atoms in total. The highest BCUT2D eigenvalue weighted by molar-refractivity contribution is 7.98. The van der Waals surface area contributed by atoms with E-state index in [1.165, 1.54) is 10.8 Å². The van der Waals surface area contributed by atoms with Gasteiger partial charge in [-0.15, -0.1) is 0 Å². The van der Waals surface area contributed by atoms with E-state index in [4.69, 9.17) is 9.73 Å². The number of esters is 1. The van der Waals surface area contributed by atoms with Gasteiger partial charge in [-0.05, 0) is 46.9 Å². The summed E-state index contributed by atoms with van der Waals surface area (Å²) >= 11 is 1.72. The first-order valence-corrected chi connectivity index (χ1v) is 10.4. The van der Waals surface area contributed by atoms with Crippen LogP contribution in [0.2, 0.25) is 0 Å². The topological polar surface area (TPSA) is 38.7 Å². The molecule has 0 fully saturated rings. The fraction of sp³-hybridized carbons (Fsp3) is 0.217. The highest BCUT2D eigenvalue weighted by Crippen LogP contribution is 2.33. The van der Waals surface area contributed by atoms with Crippen LogP contribution in [0.3, 0.4) is 0 Å². The van der Waals surface area contributed by atoms with E-state index in [0.717, 1.165) is 16.9 Å². The lowest BCUT2D eigenvalue weighted by molar-refractivity contribution is -0.139. The van der Waals surface area contributed by atoms with Gasteiger partial charge in [-0.25, -0.2) is 9.79 Å². The fourth-order valence-electron chi connectivity index (χ4n) is 3.54. The van der Waals surface area contributed by atoms with Crippen LogP contribution in [-0.2, 0) is 16.0 Å². The van der Waals surface area contributed by atoms with E-state index in [1.807, 2.05) is 54.8 Å². The summed E-state index contributed by atoms with van der Waals surface area (Å²) in [6.07, 6.45) is 3.25. The van der Waals surface area contributed by atoms with Crippen LogP contribution in [-0.4, -0.2) is 29.4 Å². The van der Waals surface area contributed by atoms with Gasteiger partial charge < -0.3 is 4.74 Å². The van der Waals surface area contributed by atoms with Crippen molar-refractivity contribution in [2.24, 2.45) is 4.99 Å². The zero-order valence-corrected chi connectivity index (χ0v) is 16.0. The van der Waals surface area contributed by atoms with Crippen molar-refractivity contribution in [2.75, 3.05) is 12.0 Å². The zero-order valence-electron chi connectivity index (χ0n) is 15.2. The molecule has 0 spiro atoms. The molecule has 0 amide bonds. The van der Waals surface area contributed by atoms with Crippen LogP contribution < -0.4 is 0 Å². The number of fused-ring (bicyclic) bond motifs is 1. The maximum absolute atomic E-state index is 13.0. The normalized spacial score (nSPS) is 19.1. The lowest BCUT2D eigenvalue weighted by Gasteiger charge is -2.22. The van der Waals surface area contributed by atoms with Gasteiger partial charge in [0.05, 0.1) is 0 Å². The van der Waals surface area contributed by atoms with Gasteiger partial charge in [-0.3, -0.25) is 0 Å². The van der Waals surface area contributed by atoms with Crippen LogP contribution in [0.25, 0.3) is 10.8 Å². The molecule has 1 atom stereocenters. The lowest BCUT2D eigenvalue weighted by atomic mass is 9.87. The Hall–Kier alpha value is -2.59. The number of cyclic esters (lactones) is 1. The number of rotatable bonds is 6. The number of ether oxygens (including phenoxy) is 1. The smallest absolute Gasteiger partial charge is 0.341 e. The molecule has 0 N–H and O–H groups in total. The molecule has 0 saturated carbocycles. The predicted molar refractivity (Wildman–Crippen MR) is 112 cm³/mol. The molecule has 136 valence electrons. The Morgan fingerprint density at radius 1 is 0.963 bits per heavy atom. The Balaban J connectivity index is 1.76. The van der Waals surface area contributed by atoms with Crippen molar-refractivity contribution in [2.45, 2.75) is 18.4 Å². The standard InChI is InChI=1S/C23H21NO2S/c1-27-15-14-23(16-19-12-7-11-17-8-5-6-13-20(17)19)22(25)26-21(24-23)18-9-3-2-4-10-18/h2-13H,14-16H2,1H3/t23-/m0/s1. The molecular formula is C23H21NO2S. The fourth-order valence-corrected chi connectivity index (χ4v) is 4.08. The van der Waals surface area contributed by atoms with E-state index in [0.29, 0.717) is 18.7 Å². The summed E-state index contributed by atoms with van der Waals surface area (Å²) in [5.74, 6) is 1.04. The predicted octanol–water partition coefficient (Wildman–Crippen LogP) is 4.88. The number of hydrogen-bond acceptors (Lipinski definition) is 4. The summed E-state index contributed by atoms with van der Waals surface area (Å²) < 4.78 is 5.65. The molecule has 0 radical (unpaired) electrons. The number of aliphatic imine (C=N–C) groups is 1. The van der Waals surface area contributed by atoms with E-state index < -0.39 is 5.54 Å². The molecule has 27 heavy (non-hydrogen) atoms. The molecule has 0 aliphatic carbocycles. The number of hydrogen-bond donors (Lipinski definition) is 0. The third-order valence-electron chi connectivity index (χ3n) is 4.99. The maximum Gasteiger partial charge on any atom is 0.341 e. The molecule has 4 heteroatoms. The third-order valence-corrected chi connectivity index (χ3v) is 5.60. The van der Waals surface area contributed by atoms with Gasteiger partial charge in [0.15, 0.2) is 5.54 Å². The molecule has 0 unspecified atom stereocenters. The van der Waals surface area contributed by atoms with Gasteiger partial charge in [-0.2, -0.15) is 11.8 Å². The Morgan fingerprint density at radius 2 is 1.70 bits per heavy atom. The van der Waals surface area contributed by atoms with Gasteiger partial charge in [0, 0.05) is 12.0 Å². The van der Waals surface area contributed by atoms with Gasteiger partial charge in [0.1, 0.15) is 0 Å². The summed E-state index contributed by atoms with van der Waals surface area (Å²) in [7, 11) is 0. The van der Waals surface area contributed by atoms with E-state index in [-0.39, 0.29) is 5.97 Å². The second-order valence-corrected chi connectivity index (χ2v) is 7.75. The average molecular weight is 375 g/mol. The molecule has 0 bridgehead atoms. The molecular weight excluding hydrogens is 354 g/mol. The SMILES string of the molecule is CSCC[C@@]1(Cc2cccc3ccccc23)N=C(c2ccccc2)OC1=O. The van der Waals surface area contributed by atoms with Gasteiger partial charge in [0.25, 0.3) is 0 Å². The molecule has 1 aliphatic rings. The summed E-state index contributed by atoms with van der Waals surface area (Å²) in [5, 5.41) is 2.34. The molecule has 1 heterocycles. The molecule has 0 saturated heterocycles. The number of nitrogens with zero attached hydrogens (tertiary/aromatic N) is 1. The van der Waals surface area contributed by atoms with E-state index in [9.17, 15) is 4.79 Å². The molecule has 1 aliphatic heterocycles. The monoisotopic (exact) mass is 375 g/mol. The first kappa shape index (κ1) is 17.8. The van der Waals surface area contributed by atoms with Gasteiger partial charge in [0.2, 0.25) is 5.90 Å². The van der Waals surface area contributed by atoms with Gasteiger partial charge >= 0.3 is 5.97 Å². The Morgan fingerprint density at radius 3 is 2.52 bits per heavy atom. The Labute approximate surface area is 163 Å². The van der Waals surface area contributed by atoms with Crippen molar-refractivity contribution in [3.63, 3.8) is 0 Å². The number of benzene rings is 3. The first-order valence-electron chi connectivity index (χ1n) is 9.05. The minimum absolute atomic E-state index is 0.247. The molecule has 4 rings (SSSR count). The Kier molecular flexibility index (Phi) is 4.99. The first-order chi connectivity index (χ1) is 13.2. The van der Waals surface area contributed by atoms with Crippen LogP contribution >= 0.6 is 11.8 Å². The Bertz CT molecular complexity index is 994. The third kappa shape index (κ3) is 3.50. The van der Waals surface area contributed by atoms with Crippen LogP contribution in [0, 0.1) is 0 Å². The van der Waals surface area contributed by atoms with Gasteiger partial charge in [-0.1, -0.05) is 60.7 Å². The summed E-state index contributed by atoms with van der Waals surface area (Å²) in [4.78, 5) is 17.8. The van der Waals surface area contributed by atoms with Crippen molar-refractivity contribution < 1.29 is 9.53 Å². The molecule has 0 aromatic heterocycles. The molecule has 3 aromatic rings.